The summed E-state index contributed by atoms with van der Waals surface area (Å²) in [5, 5.41) is 22.7. The van der Waals surface area contributed by atoms with E-state index in [2.05, 4.69) is 10.3 Å². The van der Waals surface area contributed by atoms with Crippen molar-refractivity contribution in [3.05, 3.63) is 82.4 Å². The fourth-order valence-corrected chi connectivity index (χ4v) is 5.56. The van der Waals surface area contributed by atoms with E-state index in [-0.39, 0.29) is 29.6 Å². The van der Waals surface area contributed by atoms with Gasteiger partial charge in [0.15, 0.2) is 0 Å². The van der Waals surface area contributed by atoms with E-state index >= 15 is 0 Å². The molecule has 3 aromatic rings. The third kappa shape index (κ3) is 6.12. The van der Waals surface area contributed by atoms with Crippen LogP contribution < -0.4 is 10.2 Å². The standard InChI is InChI=1S/C31H30F7N3O4/c1-16-7-20(32)5-6-21(16)22-11-24(23-12-40-26(44)29(23,14-42)15-43)39-13-25(22)41(4)27(45)28(2,3)17-8-18(30(33,34)35)10-19(9-17)31(36,37)38/h5-11,13,23,42-43H,12,14-15H2,1-4H3,(H,40,44). The third-order valence-electron chi connectivity index (χ3n) is 8.40. The zero-order valence-electron chi connectivity index (χ0n) is 24.6. The molecule has 1 unspecified atom stereocenters. The molecular formula is C31H30F7N3O4. The molecule has 0 aliphatic carbocycles. The molecule has 1 aliphatic heterocycles. The summed E-state index contributed by atoms with van der Waals surface area (Å²) in [6, 6.07) is 6.27. The lowest BCUT2D eigenvalue weighted by molar-refractivity contribution is -0.143. The van der Waals surface area contributed by atoms with Crippen LogP contribution in [0.4, 0.5) is 36.4 Å². The zero-order chi connectivity index (χ0) is 33.7. The van der Waals surface area contributed by atoms with Gasteiger partial charge >= 0.3 is 12.4 Å². The van der Waals surface area contributed by atoms with E-state index in [4.69, 9.17) is 0 Å². The Balaban J connectivity index is 1.87. The molecule has 2 amide bonds. The van der Waals surface area contributed by atoms with Gasteiger partial charge in [0.25, 0.3) is 0 Å². The van der Waals surface area contributed by atoms with E-state index in [0.29, 0.717) is 23.3 Å². The summed E-state index contributed by atoms with van der Waals surface area (Å²) in [6.07, 6.45) is -9.01. The Bertz CT molecular complexity index is 1600. The van der Waals surface area contributed by atoms with Crippen molar-refractivity contribution in [2.24, 2.45) is 5.41 Å². The number of nitrogens with zero attached hydrogens (tertiary/aromatic N) is 2. The van der Waals surface area contributed by atoms with Crippen LogP contribution in [0.1, 0.15) is 47.7 Å². The number of halogens is 7. The average molecular weight is 642 g/mol. The summed E-state index contributed by atoms with van der Waals surface area (Å²) in [5.74, 6) is -2.87. The highest BCUT2D eigenvalue weighted by Crippen LogP contribution is 2.44. The Morgan fingerprint density at radius 2 is 1.51 bits per heavy atom. The number of aromatic nitrogens is 1. The van der Waals surface area contributed by atoms with E-state index in [0.717, 1.165) is 11.0 Å². The smallest absolute Gasteiger partial charge is 0.395 e. The van der Waals surface area contributed by atoms with Crippen LogP contribution in [0, 0.1) is 18.2 Å². The largest absolute Gasteiger partial charge is 0.416 e. The monoisotopic (exact) mass is 641 g/mol. The van der Waals surface area contributed by atoms with Gasteiger partial charge < -0.3 is 20.4 Å². The highest BCUT2D eigenvalue weighted by atomic mass is 19.4. The fraction of sp³-hybridized carbons (Fsp3) is 0.387. The maximum absolute atomic E-state index is 14.1. The molecule has 0 saturated carbocycles. The van der Waals surface area contributed by atoms with Crippen molar-refractivity contribution in [3.8, 4) is 11.1 Å². The number of hydrogen-bond donors (Lipinski definition) is 3. The van der Waals surface area contributed by atoms with Gasteiger partial charge in [-0.1, -0.05) is 6.07 Å². The number of anilines is 1. The van der Waals surface area contributed by atoms with Gasteiger partial charge in [-0.05, 0) is 73.9 Å². The van der Waals surface area contributed by atoms with E-state index in [1.165, 1.54) is 45.3 Å². The predicted molar refractivity (Wildman–Crippen MR) is 150 cm³/mol. The Labute approximate surface area is 253 Å². The molecule has 1 aromatic heterocycles. The minimum atomic E-state index is -5.12. The fourth-order valence-electron chi connectivity index (χ4n) is 5.56. The van der Waals surface area contributed by atoms with E-state index in [1.54, 1.807) is 6.92 Å². The van der Waals surface area contributed by atoms with Gasteiger partial charge in [0.05, 0.1) is 41.6 Å². The Morgan fingerprint density at radius 3 is 2.02 bits per heavy atom. The molecule has 2 aromatic carbocycles. The summed E-state index contributed by atoms with van der Waals surface area (Å²) in [4.78, 5) is 31.9. The molecule has 242 valence electrons. The minimum Gasteiger partial charge on any atom is -0.395 e. The number of aryl methyl sites for hydroxylation is 1. The number of rotatable bonds is 7. The van der Waals surface area contributed by atoms with Gasteiger partial charge in [0.1, 0.15) is 11.2 Å². The van der Waals surface area contributed by atoms with E-state index in [1.807, 2.05) is 0 Å². The van der Waals surface area contributed by atoms with Crippen molar-refractivity contribution < 1.29 is 50.5 Å². The van der Waals surface area contributed by atoms with E-state index < -0.39 is 76.6 Å². The van der Waals surface area contributed by atoms with Crippen LogP contribution >= 0.6 is 0 Å². The molecule has 14 heteroatoms. The van der Waals surface area contributed by atoms with Crippen LogP contribution in [0.5, 0.6) is 0 Å². The molecule has 4 rings (SSSR count). The lowest BCUT2D eigenvalue weighted by atomic mass is 9.76. The molecule has 0 bridgehead atoms. The van der Waals surface area contributed by atoms with Crippen molar-refractivity contribution in [1.29, 1.82) is 0 Å². The molecule has 45 heavy (non-hydrogen) atoms. The summed E-state index contributed by atoms with van der Waals surface area (Å²) in [6.45, 7) is 2.56. The van der Waals surface area contributed by atoms with Crippen LogP contribution in [0.15, 0.2) is 48.7 Å². The van der Waals surface area contributed by atoms with Crippen molar-refractivity contribution in [2.75, 3.05) is 31.7 Å². The summed E-state index contributed by atoms with van der Waals surface area (Å²) >= 11 is 0. The van der Waals surface area contributed by atoms with Crippen molar-refractivity contribution >= 4 is 17.5 Å². The lowest BCUT2D eigenvalue weighted by Gasteiger charge is -2.33. The Hall–Kier alpha value is -4.04. The first-order chi connectivity index (χ1) is 20.8. The molecule has 0 spiro atoms. The number of likely N-dealkylation sites (N-methyl/N-ethyl adjacent to an activating group) is 1. The molecule has 1 fully saturated rings. The second kappa shape index (κ2) is 11.7. The van der Waals surface area contributed by atoms with Gasteiger partial charge in [-0.15, -0.1) is 0 Å². The summed E-state index contributed by atoms with van der Waals surface area (Å²) in [5.41, 5.74) is -5.82. The molecule has 7 nitrogen and oxygen atoms in total. The number of amides is 2. The van der Waals surface area contributed by atoms with Gasteiger partial charge in [-0.3, -0.25) is 14.6 Å². The van der Waals surface area contributed by atoms with Gasteiger partial charge in [0, 0.05) is 30.8 Å². The number of carbonyl (C=O) groups is 2. The van der Waals surface area contributed by atoms with Crippen LogP contribution in [0.2, 0.25) is 0 Å². The number of aliphatic hydroxyl groups is 2. The molecule has 1 atom stereocenters. The number of alkyl halides is 6. The molecule has 1 aliphatic rings. The second-order valence-corrected chi connectivity index (χ2v) is 11.6. The van der Waals surface area contributed by atoms with Crippen LogP contribution in [0.3, 0.4) is 0 Å². The number of pyridine rings is 1. The van der Waals surface area contributed by atoms with Crippen LogP contribution in [-0.2, 0) is 27.4 Å². The number of nitrogens with one attached hydrogen (secondary N) is 1. The highest BCUT2D eigenvalue weighted by molar-refractivity contribution is 6.03. The highest BCUT2D eigenvalue weighted by Gasteiger charge is 2.51. The SMILES string of the molecule is Cc1cc(F)ccc1-c1cc(C2CNC(=O)C2(CO)CO)ncc1N(C)C(=O)C(C)(C)c1cc(C(F)(F)F)cc(C(F)(F)F)c1. The maximum atomic E-state index is 14.1. The zero-order valence-corrected chi connectivity index (χ0v) is 24.6. The van der Waals surface area contributed by atoms with Crippen molar-refractivity contribution in [2.45, 2.75) is 44.5 Å². The topological polar surface area (TPSA) is 103 Å². The first-order valence-electron chi connectivity index (χ1n) is 13.6. The molecule has 0 radical (unpaired) electrons. The van der Waals surface area contributed by atoms with E-state index in [9.17, 15) is 50.5 Å². The van der Waals surface area contributed by atoms with Crippen LogP contribution in [-0.4, -0.2) is 53.8 Å². The molecule has 2 heterocycles. The first kappa shape index (κ1) is 33.8. The predicted octanol–water partition coefficient (Wildman–Crippen LogP) is 5.36. The van der Waals surface area contributed by atoms with Gasteiger partial charge in [0.2, 0.25) is 11.8 Å². The number of carbonyl (C=O) groups excluding carboxylic acids is 2. The normalized spacial score (nSPS) is 16.9. The lowest BCUT2D eigenvalue weighted by Crippen LogP contribution is -2.42. The van der Waals surface area contributed by atoms with Gasteiger partial charge in [-0.2, -0.15) is 26.3 Å². The van der Waals surface area contributed by atoms with Gasteiger partial charge in [-0.25, -0.2) is 4.39 Å². The molecule has 1 saturated heterocycles. The number of hydrogen-bond acceptors (Lipinski definition) is 5. The van der Waals surface area contributed by atoms with Crippen molar-refractivity contribution in [3.63, 3.8) is 0 Å². The quantitative estimate of drug-likeness (QED) is 0.302. The maximum Gasteiger partial charge on any atom is 0.416 e. The molecule has 3 N–H and O–H groups in total. The second-order valence-electron chi connectivity index (χ2n) is 11.6. The number of aliphatic hydroxyl groups excluding tert-OH is 2. The van der Waals surface area contributed by atoms with Crippen molar-refractivity contribution in [1.82, 2.24) is 10.3 Å². The Morgan fingerprint density at radius 1 is 0.956 bits per heavy atom. The summed E-state index contributed by atoms with van der Waals surface area (Å²) < 4.78 is 95.6. The Kier molecular flexibility index (Phi) is 8.81. The third-order valence-corrected chi connectivity index (χ3v) is 8.40. The summed E-state index contributed by atoms with van der Waals surface area (Å²) in [7, 11) is 1.27. The van der Waals surface area contributed by atoms with Crippen LogP contribution in [0.25, 0.3) is 11.1 Å². The molecular weight excluding hydrogens is 611 g/mol. The average Bonchev–Trinajstić information content (AvgIpc) is 3.30. The first-order valence-corrected chi connectivity index (χ1v) is 13.6. The number of benzene rings is 2. The minimum absolute atomic E-state index is 0.00697.